The first-order chi connectivity index (χ1) is 5.35. The first kappa shape index (κ1) is 10.2. The fourth-order valence-electron chi connectivity index (χ4n) is 0.885. The molecule has 62 valence electrons. The maximum Gasteiger partial charge on any atom is 0.0867 e. The number of allylic oxidation sites excluding steroid dienone is 5. The molecule has 0 unspecified atom stereocenters. The molecule has 0 nitrogen and oxygen atoms in total. The summed E-state index contributed by atoms with van der Waals surface area (Å²) in [7, 11) is 0. The van der Waals surface area contributed by atoms with Crippen LogP contribution in [0.15, 0.2) is 36.2 Å². The largest absolute Gasteiger partial charge is 0.216 e. The second-order valence-corrected chi connectivity index (χ2v) is 2.31. The van der Waals surface area contributed by atoms with Gasteiger partial charge in [0.2, 0.25) is 0 Å². The monoisotopic (exact) mass is 154 g/mol. The van der Waals surface area contributed by atoms with Crippen molar-refractivity contribution in [2.24, 2.45) is 0 Å². The van der Waals surface area contributed by atoms with E-state index in [1.165, 1.54) is 11.6 Å². The van der Waals surface area contributed by atoms with E-state index in [-0.39, 0.29) is 0 Å². The zero-order valence-corrected chi connectivity index (χ0v) is 7.18. The molecule has 0 N–H and O–H groups in total. The van der Waals surface area contributed by atoms with E-state index in [9.17, 15) is 4.39 Å². The van der Waals surface area contributed by atoms with Gasteiger partial charge in [0.15, 0.2) is 0 Å². The zero-order valence-electron chi connectivity index (χ0n) is 7.18. The third-order valence-electron chi connectivity index (χ3n) is 1.30. The van der Waals surface area contributed by atoms with Crippen molar-refractivity contribution in [3.05, 3.63) is 36.2 Å². The van der Waals surface area contributed by atoms with Gasteiger partial charge in [0.25, 0.3) is 0 Å². The smallest absolute Gasteiger partial charge is 0.0867 e. The van der Waals surface area contributed by atoms with Crippen molar-refractivity contribution < 1.29 is 4.39 Å². The van der Waals surface area contributed by atoms with Crippen molar-refractivity contribution in [2.45, 2.75) is 26.7 Å². The van der Waals surface area contributed by atoms with Crippen LogP contribution >= 0.6 is 0 Å². The topological polar surface area (TPSA) is 0 Å². The van der Waals surface area contributed by atoms with Gasteiger partial charge in [-0.2, -0.15) is 0 Å². The van der Waals surface area contributed by atoms with Gasteiger partial charge in [-0.1, -0.05) is 31.6 Å². The Hall–Kier alpha value is -0.850. The van der Waals surface area contributed by atoms with E-state index in [2.05, 4.69) is 6.92 Å². The van der Waals surface area contributed by atoms with Gasteiger partial charge in [-0.15, -0.1) is 0 Å². The molecule has 0 amide bonds. The standard InChI is InChI=1S/C10H15F/c1-3-6-10(7-4-2)8-5-9-11/h3,5-6,8-9H,4,7H2,1-2H3/b6-3-,9-5+,10-8+. The molecule has 0 aromatic rings. The molecule has 0 radical (unpaired) electrons. The second-order valence-electron chi connectivity index (χ2n) is 2.31. The Balaban J connectivity index is 4.07. The van der Waals surface area contributed by atoms with Crippen LogP contribution in [0.5, 0.6) is 0 Å². The zero-order chi connectivity index (χ0) is 8.53. The molecule has 0 aliphatic carbocycles. The van der Waals surface area contributed by atoms with Gasteiger partial charge in [-0.3, -0.25) is 0 Å². The van der Waals surface area contributed by atoms with Crippen molar-refractivity contribution in [3.8, 4) is 0 Å². The fraction of sp³-hybridized carbons (Fsp3) is 0.400. The van der Waals surface area contributed by atoms with E-state index in [1.54, 1.807) is 6.08 Å². The molecule has 0 bridgehead atoms. The van der Waals surface area contributed by atoms with Crippen LogP contribution in [0.4, 0.5) is 4.39 Å². The first-order valence-corrected chi connectivity index (χ1v) is 3.93. The molecular formula is C10H15F. The predicted molar refractivity (Wildman–Crippen MR) is 48.1 cm³/mol. The van der Waals surface area contributed by atoms with Crippen molar-refractivity contribution in [1.29, 1.82) is 0 Å². The molecule has 0 spiro atoms. The Morgan fingerprint density at radius 1 is 1.45 bits per heavy atom. The summed E-state index contributed by atoms with van der Waals surface area (Å²) < 4.78 is 11.6. The summed E-state index contributed by atoms with van der Waals surface area (Å²) in [5.74, 6) is 0. The lowest BCUT2D eigenvalue weighted by molar-refractivity contribution is 0.721. The maximum atomic E-state index is 11.6. The summed E-state index contributed by atoms with van der Waals surface area (Å²) in [6.07, 6.45) is 9.84. The summed E-state index contributed by atoms with van der Waals surface area (Å²) in [6.45, 7) is 4.07. The van der Waals surface area contributed by atoms with Crippen LogP contribution in [0.3, 0.4) is 0 Å². The van der Waals surface area contributed by atoms with Gasteiger partial charge in [-0.05, 0) is 25.0 Å². The number of hydrogen-bond donors (Lipinski definition) is 0. The molecule has 1 heteroatoms. The van der Waals surface area contributed by atoms with Crippen molar-refractivity contribution in [1.82, 2.24) is 0 Å². The fourth-order valence-corrected chi connectivity index (χ4v) is 0.885. The molecular weight excluding hydrogens is 139 g/mol. The van der Waals surface area contributed by atoms with Crippen LogP contribution in [0, 0.1) is 0 Å². The quantitative estimate of drug-likeness (QED) is 0.541. The molecule has 0 aromatic heterocycles. The van der Waals surface area contributed by atoms with Gasteiger partial charge in [0, 0.05) is 0 Å². The van der Waals surface area contributed by atoms with Crippen LogP contribution in [-0.2, 0) is 0 Å². The van der Waals surface area contributed by atoms with Crippen LogP contribution in [0.1, 0.15) is 26.7 Å². The highest BCUT2D eigenvalue weighted by Gasteiger charge is 1.86. The minimum Gasteiger partial charge on any atom is -0.216 e. The van der Waals surface area contributed by atoms with Gasteiger partial charge in [0.05, 0.1) is 6.33 Å². The molecule has 0 rings (SSSR count). The van der Waals surface area contributed by atoms with Crippen molar-refractivity contribution in [2.75, 3.05) is 0 Å². The Morgan fingerprint density at radius 3 is 2.64 bits per heavy atom. The molecule has 0 aromatic carbocycles. The van der Waals surface area contributed by atoms with Crippen LogP contribution in [-0.4, -0.2) is 0 Å². The summed E-state index contributed by atoms with van der Waals surface area (Å²) in [4.78, 5) is 0. The maximum absolute atomic E-state index is 11.6. The molecule has 0 heterocycles. The average molecular weight is 154 g/mol. The number of hydrogen-bond acceptors (Lipinski definition) is 0. The van der Waals surface area contributed by atoms with Crippen LogP contribution < -0.4 is 0 Å². The summed E-state index contributed by atoms with van der Waals surface area (Å²) >= 11 is 0. The third kappa shape index (κ3) is 5.59. The Morgan fingerprint density at radius 2 is 2.18 bits per heavy atom. The average Bonchev–Trinajstić information content (AvgIpc) is 2.01. The molecule has 0 saturated carbocycles. The third-order valence-corrected chi connectivity index (χ3v) is 1.30. The Bertz CT molecular complexity index is 164. The molecule has 0 saturated heterocycles. The summed E-state index contributed by atoms with van der Waals surface area (Å²) in [5.41, 5.74) is 1.17. The van der Waals surface area contributed by atoms with E-state index in [0.29, 0.717) is 6.33 Å². The first-order valence-electron chi connectivity index (χ1n) is 3.93. The molecule has 0 aliphatic rings. The molecule has 11 heavy (non-hydrogen) atoms. The molecule has 0 fully saturated rings. The van der Waals surface area contributed by atoms with E-state index >= 15 is 0 Å². The highest BCUT2D eigenvalue weighted by molar-refractivity contribution is 5.22. The highest BCUT2D eigenvalue weighted by Crippen LogP contribution is 2.06. The van der Waals surface area contributed by atoms with E-state index in [4.69, 9.17) is 0 Å². The SMILES string of the molecule is C\C=C/C(=C\C=C\F)CCC. The van der Waals surface area contributed by atoms with E-state index in [0.717, 1.165) is 12.8 Å². The van der Waals surface area contributed by atoms with E-state index < -0.39 is 0 Å². The normalized spacial score (nSPS) is 13.5. The minimum atomic E-state index is 0.555. The Labute approximate surface area is 68.1 Å². The molecule has 0 aliphatic heterocycles. The lowest BCUT2D eigenvalue weighted by atomic mass is 10.1. The Kier molecular flexibility index (Phi) is 6.70. The van der Waals surface area contributed by atoms with Gasteiger partial charge >= 0.3 is 0 Å². The molecule has 0 atom stereocenters. The van der Waals surface area contributed by atoms with Crippen molar-refractivity contribution in [3.63, 3.8) is 0 Å². The minimum absolute atomic E-state index is 0.555. The highest BCUT2D eigenvalue weighted by atomic mass is 19.1. The van der Waals surface area contributed by atoms with Gasteiger partial charge < -0.3 is 0 Å². The predicted octanol–water partition coefficient (Wildman–Crippen LogP) is 3.77. The van der Waals surface area contributed by atoms with Gasteiger partial charge in [-0.25, -0.2) is 4.39 Å². The van der Waals surface area contributed by atoms with E-state index in [1.807, 2.05) is 19.1 Å². The number of halogens is 1. The van der Waals surface area contributed by atoms with Crippen molar-refractivity contribution >= 4 is 0 Å². The lowest BCUT2D eigenvalue weighted by Crippen LogP contribution is -1.75. The second kappa shape index (κ2) is 7.26. The van der Waals surface area contributed by atoms with Crippen LogP contribution in [0.2, 0.25) is 0 Å². The van der Waals surface area contributed by atoms with Gasteiger partial charge in [0.1, 0.15) is 0 Å². The lowest BCUT2D eigenvalue weighted by Gasteiger charge is -1.95. The van der Waals surface area contributed by atoms with Crippen LogP contribution in [0.25, 0.3) is 0 Å². The summed E-state index contributed by atoms with van der Waals surface area (Å²) in [5, 5.41) is 0. The summed E-state index contributed by atoms with van der Waals surface area (Å²) in [6, 6.07) is 0. The number of rotatable bonds is 4.